The van der Waals surface area contributed by atoms with Crippen molar-refractivity contribution in [2.24, 2.45) is 0 Å². The van der Waals surface area contributed by atoms with Crippen LogP contribution < -0.4 is 26.0 Å². The minimum atomic E-state index is -0.450. The quantitative estimate of drug-likeness (QED) is 0.458. The lowest BCUT2D eigenvalue weighted by atomic mass is 10.3. The van der Waals surface area contributed by atoms with E-state index in [1.807, 2.05) is 0 Å². The van der Waals surface area contributed by atoms with E-state index in [9.17, 15) is 9.59 Å². The molecule has 0 aliphatic rings. The number of anilines is 2. The van der Waals surface area contributed by atoms with Crippen LogP contribution in [0.25, 0.3) is 0 Å². The number of carbonyl (C=O) groups excluding carboxylic acids is 2. The number of hydrogen-bond donors (Lipinski definition) is 4. The minimum absolute atomic E-state index is 0.109. The van der Waals surface area contributed by atoms with Gasteiger partial charge in [0.2, 0.25) is 5.91 Å². The summed E-state index contributed by atoms with van der Waals surface area (Å²) in [5.74, 6) is -0.283. The summed E-state index contributed by atoms with van der Waals surface area (Å²) < 4.78 is 5.35. The zero-order valence-electron chi connectivity index (χ0n) is 15.8. The van der Waals surface area contributed by atoms with Crippen LogP contribution in [-0.4, -0.2) is 28.6 Å². The van der Waals surface area contributed by atoms with Gasteiger partial charge in [-0.1, -0.05) is 30.1 Å². The number of hydrogen-bond acceptors (Lipinski definition) is 5. The Morgan fingerprint density at radius 3 is 1.93 bits per heavy atom. The zero-order valence-corrected chi connectivity index (χ0v) is 18.9. The first kappa shape index (κ1) is 23.8. The molecule has 0 fully saturated rings. The molecule has 4 N–H and O–H groups in total. The van der Waals surface area contributed by atoms with Crippen LogP contribution in [0.1, 0.15) is 13.3 Å². The number of benzene rings is 2. The van der Waals surface area contributed by atoms with Crippen LogP contribution >= 0.6 is 47.6 Å². The van der Waals surface area contributed by atoms with Gasteiger partial charge in [-0.2, -0.15) is 0 Å². The smallest absolute Gasteiger partial charge is 0.264 e. The van der Waals surface area contributed by atoms with Crippen molar-refractivity contribution in [2.75, 3.05) is 17.2 Å². The molecule has 0 spiro atoms. The Balaban J connectivity index is 1.79. The van der Waals surface area contributed by atoms with E-state index >= 15 is 0 Å². The molecule has 0 saturated carbocycles. The average molecular weight is 485 g/mol. The Morgan fingerprint density at radius 2 is 1.43 bits per heavy atom. The largest absolute Gasteiger partial charge is 0.482 e. The number of amides is 2. The molecule has 7 nitrogen and oxygen atoms in total. The lowest BCUT2D eigenvalue weighted by molar-refractivity contribution is -0.121. The van der Waals surface area contributed by atoms with Crippen molar-refractivity contribution in [2.45, 2.75) is 13.3 Å². The molecule has 0 aliphatic carbocycles. The third kappa shape index (κ3) is 8.11. The van der Waals surface area contributed by atoms with Crippen molar-refractivity contribution in [1.29, 1.82) is 0 Å². The standard InChI is InChI=1S/C19H18Cl2N4O3S2/c1-2-16(26)24-18(29)22-12-4-6-13(7-5-12)23-19(30)25-17(27)10-28-15-8-3-11(20)9-14(15)21/h3-9H,2,10H2,1H3,(H2,22,24,26,29)(H2,23,25,27,30). The van der Waals surface area contributed by atoms with Gasteiger partial charge in [-0.3, -0.25) is 14.9 Å². The summed E-state index contributed by atoms with van der Waals surface area (Å²) in [6.07, 6.45) is 0.339. The summed E-state index contributed by atoms with van der Waals surface area (Å²) in [5.41, 5.74) is 1.33. The van der Waals surface area contributed by atoms with Crippen molar-refractivity contribution < 1.29 is 14.3 Å². The Labute approximate surface area is 194 Å². The van der Waals surface area contributed by atoms with Gasteiger partial charge >= 0.3 is 0 Å². The van der Waals surface area contributed by atoms with Gasteiger partial charge in [-0.05, 0) is 66.9 Å². The molecule has 0 aliphatic heterocycles. The van der Waals surface area contributed by atoms with Crippen LogP contribution in [0.4, 0.5) is 11.4 Å². The summed E-state index contributed by atoms with van der Waals surface area (Å²) in [7, 11) is 0. The minimum Gasteiger partial charge on any atom is -0.482 e. The maximum atomic E-state index is 12.0. The first-order chi connectivity index (χ1) is 14.3. The monoisotopic (exact) mass is 484 g/mol. The number of halogens is 2. The van der Waals surface area contributed by atoms with Gasteiger partial charge in [0.1, 0.15) is 5.75 Å². The molecular formula is C19H18Cl2N4O3S2. The van der Waals surface area contributed by atoms with E-state index in [2.05, 4.69) is 21.3 Å². The van der Waals surface area contributed by atoms with Crippen molar-refractivity contribution in [3.8, 4) is 5.75 Å². The lowest BCUT2D eigenvalue weighted by Crippen LogP contribution is -2.37. The molecule has 2 rings (SSSR count). The first-order valence-electron chi connectivity index (χ1n) is 8.66. The van der Waals surface area contributed by atoms with Crippen LogP contribution in [0.15, 0.2) is 42.5 Å². The summed E-state index contributed by atoms with van der Waals surface area (Å²) >= 11 is 22.0. The van der Waals surface area contributed by atoms with E-state index in [0.29, 0.717) is 33.6 Å². The van der Waals surface area contributed by atoms with Gasteiger partial charge in [0.25, 0.3) is 5.91 Å². The second kappa shape index (κ2) is 11.7. The fourth-order valence-corrected chi connectivity index (χ4v) is 3.00. The summed E-state index contributed by atoms with van der Waals surface area (Å²) in [4.78, 5) is 23.3. The second-order valence-corrected chi connectivity index (χ2v) is 7.46. The Kier molecular flexibility index (Phi) is 9.25. The Hall–Kier alpha value is -2.46. The highest BCUT2D eigenvalue weighted by Crippen LogP contribution is 2.27. The van der Waals surface area contributed by atoms with E-state index < -0.39 is 5.91 Å². The molecule has 158 valence electrons. The topological polar surface area (TPSA) is 91.5 Å². The highest BCUT2D eigenvalue weighted by molar-refractivity contribution is 7.80. The fourth-order valence-electron chi connectivity index (χ4n) is 2.07. The summed E-state index contributed by atoms with van der Waals surface area (Å²) in [6, 6.07) is 11.6. The van der Waals surface area contributed by atoms with Crippen molar-refractivity contribution in [3.63, 3.8) is 0 Å². The van der Waals surface area contributed by atoms with Crippen molar-refractivity contribution in [3.05, 3.63) is 52.5 Å². The molecule has 0 radical (unpaired) electrons. The Bertz CT molecular complexity index is 955. The molecular weight excluding hydrogens is 467 g/mol. The summed E-state index contributed by atoms with van der Waals surface area (Å²) in [6.45, 7) is 1.46. The SMILES string of the molecule is CCC(=O)NC(=S)Nc1ccc(NC(=S)NC(=O)COc2ccc(Cl)cc2Cl)cc1. The van der Waals surface area contributed by atoms with Gasteiger partial charge in [0.15, 0.2) is 16.8 Å². The molecule has 0 saturated heterocycles. The van der Waals surface area contributed by atoms with E-state index in [-0.39, 0.29) is 22.7 Å². The van der Waals surface area contributed by atoms with E-state index in [0.717, 1.165) is 0 Å². The molecule has 2 amide bonds. The lowest BCUT2D eigenvalue weighted by Gasteiger charge is -2.12. The molecule has 2 aromatic rings. The normalized spacial score (nSPS) is 9.97. The molecule has 0 aromatic heterocycles. The zero-order chi connectivity index (χ0) is 22.1. The highest BCUT2D eigenvalue weighted by Gasteiger charge is 2.09. The molecule has 2 aromatic carbocycles. The molecule has 11 heteroatoms. The molecule has 0 atom stereocenters. The second-order valence-electron chi connectivity index (χ2n) is 5.80. The first-order valence-corrected chi connectivity index (χ1v) is 10.2. The summed E-state index contributed by atoms with van der Waals surface area (Å²) in [5, 5.41) is 11.9. The van der Waals surface area contributed by atoms with E-state index in [4.69, 9.17) is 52.4 Å². The Morgan fingerprint density at radius 1 is 0.900 bits per heavy atom. The maximum absolute atomic E-state index is 12.0. The number of rotatable bonds is 6. The predicted molar refractivity (Wildman–Crippen MR) is 127 cm³/mol. The van der Waals surface area contributed by atoms with Crippen LogP contribution in [-0.2, 0) is 9.59 Å². The van der Waals surface area contributed by atoms with Crippen LogP contribution in [0, 0.1) is 0 Å². The molecule has 0 heterocycles. The third-order valence-corrected chi connectivity index (χ3v) is 4.42. The molecule has 30 heavy (non-hydrogen) atoms. The van der Waals surface area contributed by atoms with Crippen LogP contribution in [0.3, 0.4) is 0 Å². The highest BCUT2D eigenvalue weighted by atomic mass is 35.5. The van der Waals surface area contributed by atoms with Crippen molar-refractivity contribution >= 4 is 81.1 Å². The third-order valence-electron chi connectivity index (χ3n) is 3.48. The fraction of sp³-hybridized carbons (Fsp3) is 0.158. The van der Waals surface area contributed by atoms with Gasteiger partial charge in [-0.15, -0.1) is 0 Å². The van der Waals surface area contributed by atoms with Gasteiger partial charge in [0, 0.05) is 22.8 Å². The van der Waals surface area contributed by atoms with Crippen molar-refractivity contribution in [1.82, 2.24) is 10.6 Å². The molecule has 0 unspecified atom stereocenters. The number of nitrogens with one attached hydrogen (secondary N) is 4. The average Bonchev–Trinajstić information content (AvgIpc) is 2.68. The molecule has 0 bridgehead atoms. The number of carbonyl (C=O) groups is 2. The van der Waals surface area contributed by atoms with Gasteiger partial charge in [-0.25, -0.2) is 0 Å². The van der Waals surface area contributed by atoms with Gasteiger partial charge in [0.05, 0.1) is 5.02 Å². The number of thiocarbonyl (C=S) groups is 2. The van der Waals surface area contributed by atoms with Crippen LogP contribution in [0.2, 0.25) is 10.0 Å². The van der Waals surface area contributed by atoms with E-state index in [1.54, 1.807) is 43.3 Å². The van der Waals surface area contributed by atoms with Crippen LogP contribution in [0.5, 0.6) is 5.75 Å². The number of ether oxygens (including phenoxy) is 1. The van der Waals surface area contributed by atoms with E-state index in [1.165, 1.54) is 6.07 Å². The predicted octanol–water partition coefficient (Wildman–Crippen LogP) is 4.11. The van der Waals surface area contributed by atoms with Gasteiger partial charge < -0.3 is 20.7 Å². The maximum Gasteiger partial charge on any atom is 0.264 e.